The normalized spacial score (nSPS) is 30.3. The summed E-state index contributed by atoms with van der Waals surface area (Å²) in [6, 6.07) is 0. The van der Waals surface area contributed by atoms with Crippen molar-refractivity contribution in [1.29, 1.82) is 0 Å². The van der Waals surface area contributed by atoms with Crippen molar-refractivity contribution in [3.8, 4) is 0 Å². The van der Waals surface area contributed by atoms with Crippen LogP contribution in [0, 0.1) is 35.0 Å². The van der Waals surface area contributed by atoms with Crippen LogP contribution in [0.4, 0.5) is 0 Å². The van der Waals surface area contributed by atoms with E-state index >= 15 is 0 Å². The molecule has 0 aliphatic heterocycles. The maximum Gasteiger partial charge on any atom is -0.0355 e. The SMILES string of the molecule is CC.CCCC1C(CC(C)(C)C)CC(C(C)C)C1CC. The van der Waals surface area contributed by atoms with Crippen molar-refractivity contribution in [3.63, 3.8) is 0 Å². The Bertz CT molecular complexity index is 233. The van der Waals surface area contributed by atoms with Gasteiger partial charge in [0.25, 0.3) is 0 Å². The highest BCUT2D eigenvalue weighted by atomic mass is 14.5. The highest BCUT2D eigenvalue weighted by molar-refractivity contribution is 4.92. The fourth-order valence-corrected chi connectivity index (χ4v) is 4.54. The largest absolute Gasteiger partial charge is 0.0683 e. The first kappa shape index (κ1) is 20.0. The Morgan fingerprint density at radius 1 is 1.00 bits per heavy atom. The van der Waals surface area contributed by atoms with Crippen LogP contribution in [0.3, 0.4) is 0 Å². The van der Waals surface area contributed by atoms with Crippen molar-refractivity contribution in [1.82, 2.24) is 0 Å². The highest BCUT2D eigenvalue weighted by Gasteiger charge is 2.43. The molecular weight excluding hydrogens is 240 g/mol. The molecule has 0 nitrogen and oxygen atoms in total. The molecule has 0 radical (unpaired) electrons. The van der Waals surface area contributed by atoms with Gasteiger partial charge in [-0.25, -0.2) is 0 Å². The van der Waals surface area contributed by atoms with Crippen LogP contribution in [-0.4, -0.2) is 0 Å². The Labute approximate surface area is 130 Å². The zero-order chi connectivity index (χ0) is 15.9. The molecule has 0 N–H and O–H groups in total. The molecule has 0 aromatic carbocycles. The Balaban J connectivity index is 0.00000172. The Hall–Kier alpha value is 0. The standard InChI is InChI=1S/C18H36.C2H6/c1-8-10-16-14(12-18(5,6)7)11-17(13(3)4)15(16)9-2;1-2/h13-17H,8-12H2,1-7H3;1-2H3. The first-order valence-electron chi connectivity index (χ1n) is 9.30. The molecule has 4 atom stereocenters. The summed E-state index contributed by atoms with van der Waals surface area (Å²) in [5, 5.41) is 0. The van der Waals surface area contributed by atoms with Crippen LogP contribution in [0.25, 0.3) is 0 Å². The Morgan fingerprint density at radius 3 is 1.90 bits per heavy atom. The van der Waals surface area contributed by atoms with E-state index in [9.17, 15) is 0 Å². The molecule has 0 saturated heterocycles. The summed E-state index contributed by atoms with van der Waals surface area (Å²) >= 11 is 0. The summed E-state index contributed by atoms with van der Waals surface area (Å²) in [5.41, 5.74) is 0.501. The van der Waals surface area contributed by atoms with Crippen molar-refractivity contribution in [2.45, 2.75) is 94.4 Å². The van der Waals surface area contributed by atoms with Crippen molar-refractivity contribution in [2.24, 2.45) is 35.0 Å². The molecule has 20 heavy (non-hydrogen) atoms. The van der Waals surface area contributed by atoms with Gasteiger partial charge in [-0.1, -0.05) is 81.6 Å². The van der Waals surface area contributed by atoms with Crippen molar-refractivity contribution < 1.29 is 0 Å². The van der Waals surface area contributed by atoms with Crippen LogP contribution in [0.2, 0.25) is 0 Å². The molecule has 0 heterocycles. The van der Waals surface area contributed by atoms with Crippen LogP contribution in [0.1, 0.15) is 94.4 Å². The average molecular weight is 283 g/mol. The second kappa shape index (κ2) is 9.11. The molecule has 0 amide bonds. The lowest BCUT2D eigenvalue weighted by molar-refractivity contribution is 0.198. The van der Waals surface area contributed by atoms with Crippen molar-refractivity contribution in [2.75, 3.05) is 0 Å². The minimum atomic E-state index is 0.501. The number of rotatable bonds is 5. The van der Waals surface area contributed by atoms with Crippen LogP contribution in [-0.2, 0) is 0 Å². The van der Waals surface area contributed by atoms with E-state index in [2.05, 4.69) is 48.5 Å². The van der Waals surface area contributed by atoms with Gasteiger partial charge in [-0.15, -0.1) is 0 Å². The molecular formula is C20H42. The molecule has 0 heteroatoms. The van der Waals surface area contributed by atoms with E-state index in [0.717, 1.165) is 29.6 Å². The van der Waals surface area contributed by atoms with Crippen LogP contribution in [0.5, 0.6) is 0 Å². The topological polar surface area (TPSA) is 0 Å². The Kier molecular flexibility index (Phi) is 9.11. The molecule has 0 aromatic rings. The molecule has 0 bridgehead atoms. The minimum Gasteiger partial charge on any atom is -0.0683 e. The van der Waals surface area contributed by atoms with Crippen LogP contribution < -0.4 is 0 Å². The molecule has 122 valence electrons. The summed E-state index contributed by atoms with van der Waals surface area (Å²) in [7, 11) is 0. The lowest BCUT2D eigenvalue weighted by Gasteiger charge is -2.30. The molecule has 0 spiro atoms. The number of hydrogen-bond acceptors (Lipinski definition) is 0. The third-order valence-electron chi connectivity index (χ3n) is 5.10. The van der Waals surface area contributed by atoms with Gasteiger partial charge in [0.15, 0.2) is 0 Å². The molecule has 0 aromatic heterocycles. The van der Waals surface area contributed by atoms with Gasteiger partial charge in [-0.2, -0.15) is 0 Å². The maximum atomic E-state index is 2.44. The molecule has 1 rings (SSSR count). The predicted molar refractivity (Wildman–Crippen MR) is 94.0 cm³/mol. The monoisotopic (exact) mass is 282 g/mol. The van der Waals surface area contributed by atoms with E-state index in [-0.39, 0.29) is 0 Å². The third-order valence-corrected chi connectivity index (χ3v) is 5.10. The lowest BCUT2D eigenvalue weighted by atomic mass is 9.75. The van der Waals surface area contributed by atoms with Gasteiger partial charge < -0.3 is 0 Å². The molecule has 1 aliphatic rings. The molecule has 1 aliphatic carbocycles. The predicted octanol–water partition coefficient (Wildman–Crippen LogP) is 7.18. The van der Waals surface area contributed by atoms with Gasteiger partial charge >= 0.3 is 0 Å². The summed E-state index contributed by atoms with van der Waals surface area (Å²) in [6.07, 6.45) is 7.15. The van der Waals surface area contributed by atoms with Crippen molar-refractivity contribution in [3.05, 3.63) is 0 Å². The molecule has 4 unspecified atom stereocenters. The first-order chi connectivity index (χ1) is 9.30. The Morgan fingerprint density at radius 2 is 1.55 bits per heavy atom. The second-order valence-corrected chi connectivity index (χ2v) is 8.19. The highest BCUT2D eigenvalue weighted by Crippen LogP contribution is 2.51. The van der Waals surface area contributed by atoms with Gasteiger partial charge in [-0.05, 0) is 47.8 Å². The minimum absolute atomic E-state index is 0.501. The van der Waals surface area contributed by atoms with Gasteiger partial charge in [0.1, 0.15) is 0 Å². The third kappa shape index (κ3) is 5.78. The zero-order valence-electron chi connectivity index (χ0n) is 15.9. The maximum absolute atomic E-state index is 2.44. The first-order valence-corrected chi connectivity index (χ1v) is 9.30. The number of hydrogen-bond donors (Lipinski definition) is 0. The smallest absolute Gasteiger partial charge is 0.0355 e. The second-order valence-electron chi connectivity index (χ2n) is 8.19. The van der Waals surface area contributed by atoms with Crippen LogP contribution >= 0.6 is 0 Å². The van der Waals surface area contributed by atoms with Gasteiger partial charge in [0, 0.05) is 0 Å². The summed E-state index contributed by atoms with van der Waals surface area (Å²) in [5.74, 6) is 4.85. The van der Waals surface area contributed by atoms with E-state index < -0.39 is 0 Å². The zero-order valence-corrected chi connectivity index (χ0v) is 15.9. The van der Waals surface area contributed by atoms with Crippen molar-refractivity contribution >= 4 is 0 Å². The van der Waals surface area contributed by atoms with Gasteiger partial charge in [-0.3, -0.25) is 0 Å². The summed E-state index contributed by atoms with van der Waals surface area (Å²) in [4.78, 5) is 0. The summed E-state index contributed by atoms with van der Waals surface area (Å²) in [6.45, 7) is 20.9. The van der Waals surface area contributed by atoms with E-state index in [1.165, 1.54) is 32.1 Å². The van der Waals surface area contributed by atoms with Crippen LogP contribution in [0.15, 0.2) is 0 Å². The molecule has 1 saturated carbocycles. The van der Waals surface area contributed by atoms with E-state index in [0.29, 0.717) is 5.41 Å². The van der Waals surface area contributed by atoms with E-state index in [4.69, 9.17) is 0 Å². The van der Waals surface area contributed by atoms with Gasteiger partial charge in [0.05, 0.1) is 0 Å². The van der Waals surface area contributed by atoms with E-state index in [1.807, 2.05) is 13.8 Å². The quantitative estimate of drug-likeness (QED) is 0.501. The fourth-order valence-electron chi connectivity index (χ4n) is 4.54. The molecule has 1 fully saturated rings. The van der Waals surface area contributed by atoms with E-state index in [1.54, 1.807) is 0 Å². The lowest BCUT2D eigenvalue weighted by Crippen LogP contribution is -2.21. The fraction of sp³-hybridized carbons (Fsp3) is 1.00. The summed E-state index contributed by atoms with van der Waals surface area (Å²) < 4.78 is 0. The average Bonchev–Trinajstić information content (AvgIpc) is 2.68. The van der Waals surface area contributed by atoms with Gasteiger partial charge in [0.2, 0.25) is 0 Å².